The SMILES string of the molecule is CC1=NCCn2c1cc1c2-c2ccc(OCCC(C)OC(=O)/C=C/C(=O)O)cc2CC1. The molecule has 0 saturated carbocycles. The second-order valence-corrected chi connectivity index (χ2v) is 7.90. The van der Waals surface area contributed by atoms with Crippen molar-refractivity contribution in [3.8, 4) is 17.0 Å². The van der Waals surface area contributed by atoms with Crippen LogP contribution in [0.4, 0.5) is 0 Å². The molecule has 7 heteroatoms. The summed E-state index contributed by atoms with van der Waals surface area (Å²) in [4.78, 5) is 26.6. The molecule has 2 aliphatic rings. The minimum Gasteiger partial charge on any atom is -0.493 e. The largest absolute Gasteiger partial charge is 0.493 e. The minimum atomic E-state index is -1.18. The first-order chi connectivity index (χ1) is 14.9. The van der Waals surface area contributed by atoms with Crippen molar-refractivity contribution >= 4 is 17.7 Å². The van der Waals surface area contributed by atoms with Crippen LogP contribution in [0.3, 0.4) is 0 Å². The van der Waals surface area contributed by atoms with E-state index < -0.39 is 11.9 Å². The molecule has 0 bridgehead atoms. The monoisotopic (exact) mass is 422 g/mol. The molecule has 0 radical (unpaired) electrons. The van der Waals surface area contributed by atoms with Gasteiger partial charge in [0.2, 0.25) is 0 Å². The van der Waals surface area contributed by atoms with Gasteiger partial charge in [0.15, 0.2) is 0 Å². The van der Waals surface area contributed by atoms with Gasteiger partial charge in [-0.05, 0) is 62.1 Å². The number of hydrogen-bond acceptors (Lipinski definition) is 5. The van der Waals surface area contributed by atoms with Gasteiger partial charge in [0.25, 0.3) is 0 Å². The van der Waals surface area contributed by atoms with Gasteiger partial charge in [0.05, 0.1) is 30.3 Å². The average molecular weight is 422 g/mol. The molecule has 1 aromatic heterocycles. The van der Waals surface area contributed by atoms with Gasteiger partial charge in [-0.3, -0.25) is 4.99 Å². The normalized spacial score (nSPS) is 15.5. The van der Waals surface area contributed by atoms with Crippen molar-refractivity contribution < 1.29 is 24.2 Å². The van der Waals surface area contributed by atoms with Gasteiger partial charge < -0.3 is 19.1 Å². The van der Waals surface area contributed by atoms with Crippen LogP contribution in [0.15, 0.2) is 41.4 Å². The van der Waals surface area contributed by atoms with Gasteiger partial charge in [-0.1, -0.05) is 0 Å². The van der Waals surface area contributed by atoms with Gasteiger partial charge in [0.1, 0.15) is 11.9 Å². The third-order valence-corrected chi connectivity index (χ3v) is 5.69. The molecule has 31 heavy (non-hydrogen) atoms. The topological polar surface area (TPSA) is 90.1 Å². The van der Waals surface area contributed by atoms with E-state index >= 15 is 0 Å². The Bertz CT molecular complexity index is 1080. The summed E-state index contributed by atoms with van der Waals surface area (Å²) in [5, 5.41) is 8.54. The number of carboxylic acids is 1. The predicted molar refractivity (Wildman–Crippen MR) is 117 cm³/mol. The molecule has 4 rings (SSSR count). The lowest BCUT2D eigenvalue weighted by Gasteiger charge is -2.22. The molecule has 1 atom stereocenters. The summed E-state index contributed by atoms with van der Waals surface area (Å²) < 4.78 is 13.4. The maximum Gasteiger partial charge on any atom is 0.331 e. The second kappa shape index (κ2) is 8.79. The molecule has 162 valence electrons. The van der Waals surface area contributed by atoms with Gasteiger partial charge >= 0.3 is 11.9 Å². The van der Waals surface area contributed by atoms with Gasteiger partial charge in [-0.25, -0.2) is 9.59 Å². The highest BCUT2D eigenvalue weighted by atomic mass is 16.5. The Hall–Kier alpha value is -3.35. The van der Waals surface area contributed by atoms with Crippen LogP contribution in [-0.2, 0) is 33.7 Å². The van der Waals surface area contributed by atoms with Crippen molar-refractivity contribution in [3.05, 3.63) is 53.2 Å². The number of ether oxygens (including phenoxy) is 2. The Morgan fingerprint density at radius 3 is 2.84 bits per heavy atom. The zero-order valence-corrected chi connectivity index (χ0v) is 17.8. The van der Waals surface area contributed by atoms with E-state index in [0.29, 0.717) is 13.0 Å². The molecule has 1 aliphatic carbocycles. The molecule has 0 fully saturated rings. The number of benzene rings is 1. The highest BCUT2D eigenvalue weighted by Gasteiger charge is 2.25. The van der Waals surface area contributed by atoms with Gasteiger partial charge in [0, 0.05) is 30.7 Å². The van der Waals surface area contributed by atoms with Crippen LogP contribution >= 0.6 is 0 Å². The van der Waals surface area contributed by atoms with E-state index in [-0.39, 0.29) is 6.10 Å². The molecule has 0 spiro atoms. The molecule has 0 saturated heterocycles. The third kappa shape index (κ3) is 4.55. The second-order valence-electron chi connectivity index (χ2n) is 7.90. The molecular formula is C24H26N2O5. The van der Waals surface area contributed by atoms with E-state index in [0.717, 1.165) is 49.5 Å². The number of fused-ring (bicyclic) bond motifs is 5. The molecule has 1 aliphatic heterocycles. The van der Waals surface area contributed by atoms with E-state index in [4.69, 9.17) is 14.6 Å². The molecule has 2 heterocycles. The summed E-state index contributed by atoms with van der Waals surface area (Å²) in [6.07, 6.45) is 3.80. The third-order valence-electron chi connectivity index (χ3n) is 5.69. The highest BCUT2D eigenvalue weighted by molar-refractivity contribution is 5.99. The number of aryl methyl sites for hydroxylation is 2. The lowest BCUT2D eigenvalue weighted by molar-refractivity contribution is -0.143. The first kappa shape index (κ1) is 20.9. The number of rotatable bonds is 7. The highest BCUT2D eigenvalue weighted by Crippen LogP contribution is 2.38. The number of esters is 1. The van der Waals surface area contributed by atoms with Crippen LogP contribution < -0.4 is 4.74 Å². The lowest BCUT2D eigenvalue weighted by atomic mass is 9.90. The van der Waals surface area contributed by atoms with Crippen molar-refractivity contribution in [2.75, 3.05) is 13.2 Å². The number of aromatic nitrogens is 1. The average Bonchev–Trinajstić information content (AvgIpc) is 3.12. The number of aliphatic imine (C=N–C) groups is 1. The zero-order chi connectivity index (χ0) is 22.0. The molecular weight excluding hydrogens is 396 g/mol. The van der Waals surface area contributed by atoms with Gasteiger partial charge in [-0.2, -0.15) is 0 Å². The van der Waals surface area contributed by atoms with E-state index in [1.165, 1.54) is 28.1 Å². The fraction of sp³-hybridized carbons (Fsp3) is 0.375. The van der Waals surface area contributed by atoms with E-state index in [2.05, 4.69) is 34.7 Å². The number of carboxylic acid groups (broad SMARTS) is 1. The van der Waals surface area contributed by atoms with Crippen molar-refractivity contribution in [2.24, 2.45) is 4.99 Å². The zero-order valence-electron chi connectivity index (χ0n) is 17.8. The lowest BCUT2D eigenvalue weighted by Crippen LogP contribution is -2.17. The number of carbonyl (C=O) groups is 2. The minimum absolute atomic E-state index is 0.372. The fourth-order valence-corrected chi connectivity index (χ4v) is 4.19. The van der Waals surface area contributed by atoms with E-state index in [9.17, 15) is 9.59 Å². The maximum atomic E-state index is 11.5. The Morgan fingerprint density at radius 2 is 2.03 bits per heavy atom. The summed E-state index contributed by atoms with van der Waals surface area (Å²) >= 11 is 0. The van der Waals surface area contributed by atoms with E-state index in [1.807, 2.05) is 6.07 Å². The Kier molecular flexibility index (Phi) is 5.93. The van der Waals surface area contributed by atoms with Crippen LogP contribution in [0.5, 0.6) is 5.75 Å². The maximum absolute atomic E-state index is 11.5. The first-order valence-electron chi connectivity index (χ1n) is 10.5. The molecule has 0 amide bonds. The van der Waals surface area contributed by atoms with Crippen molar-refractivity contribution in [3.63, 3.8) is 0 Å². The summed E-state index contributed by atoms with van der Waals surface area (Å²) in [6.45, 7) is 5.97. The van der Waals surface area contributed by atoms with Crippen molar-refractivity contribution in [2.45, 2.75) is 45.8 Å². The molecule has 7 nitrogen and oxygen atoms in total. The van der Waals surface area contributed by atoms with Crippen LogP contribution in [-0.4, -0.2) is 46.6 Å². The smallest absolute Gasteiger partial charge is 0.331 e. The summed E-state index contributed by atoms with van der Waals surface area (Å²) in [5.41, 5.74) is 7.58. The summed E-state index contributed by atoms with van der Waals surface area (Å²) in [5.74, 6) is -1.05. The van der Waals surface area contributed by atoms with Crippen LogP contribution in [0.1, 0.15) is 37.1 Å². The predicted octanol–water partition coefficient (Wildman–Crippen LogP) is 3.42. The summed E-state index contributed by atoms with van der Waals surface area (Å²) in [6, 6.07) is 8.52. The molecule has 1 unspecified atom stereocenters. The Morgan fingerprint density at radius 1 is 1.23 bits per heavy atom. The Labute approximate surface area is 181 Å². The quantitative estimate of drug-likeness (QED) is 0.545. The van der Waals surface area contributed by atoms with Crippen LogP contribution in [0.2, 0.25) is 0 Å². The Balaban J connectivity index is 1.39. The molecule has 2 aromatic rings. The number of carbonyl (C=O) groups excluding carboxylic acids is 1. The van der Waals surface area contributed by atoms with Gasteiger partial charge in [-0.15, -0.1) is 0 Å². The van der Waals surface area contributed by atoms with Crippen LogP contribution in [0, 0.1) is 0 Å². The first-order valence-corrected chi connectivity index (χ1v) is 10.5. The number of hydrogen-bond donors (Lipinski definition) is 1. The van der Waals surface area contributed by atoms with E-state index in [1.54, 1.807) is 6.92 Å². The van der Waals surface area contributed by atoms with Crippen molar-refractivity contribution in [1.29, 1.82) is 0 Å². The number of aliphatic carboxylic acids is 1. The van der Waals surface area contributed by atoms with Crippen LogP contribution in [0.25, 0.3) is 11.3 Å². The van der Waals surface area contributed by atoms with Crippen molar-refractivity contribution in [1.82, 2.24) is 4.57 Å². The molecule has 1 N–H and O–H groups in total. The standard InChI is InChI=1S/C24H26N2O5/c1-15(31-23(29)8-7-22(27)28)9-12-30-19-5-6-20-17(13-19)3-4-18-14-21-16(2)25-10-11-26(21)24(18)20/h5-8,13-15H,3-4,9-12H2,1-2H3,(H,27,28)/b8-7+. The molecule has 1 aromatic carbocycles. The fourth-order valence-electron chi connectivity index (χ4n) is 4.19. The summed E-state index contributed by atoms with van der Waals surface area (Å²) in [7, 11) is 0. The number of nitrogens with zero attached hydrogens (tertiary/aromatic N) is 2.